The summed E-state index contributed by atoms with van der Waals surface area (Å²) in [4.78, 5) is 0. The van der Waals surface area contributed by atoms with Gasteiger partial charge in [0.1, 0.15) is 0 Å². The third kappa shape index (κ3) is 6.32. The van der Waals surface area contributed by atoms with E-state index >= 15 is 0 Å². The Morgan fingerprint density at radius 1 is 1.09 bits per heavy atom. The van der Waals surface area contributed by atoms with Crippen molar-refractivity contribution >= 4 is 0 Å². The second-order valence-corrected chi connectivity index (χ2v) is 2.62. The number of hydrogen-bond acceptors (Lipinski definition) is 1. The standard InChI is InChI=1S/C7H15N.C2H6.H2O.H2/c1-8-7-5-3-2-4-6-7;1-2;;/h7-8H,2-6H2,1H3;1-2H3;1H2;1H. The molecule has 0 aromatic rings. The molecule has 1 aliphatic carbocycles. The average Bonchev–Trinajstić information content (AvgIpc) is 2.10. The van der Waals surface area contributed by atoms with Crippen molar-refractivity contribution in [2.45, 2.75) is 52.0 Å². The molecule has 1 fully saturated rings. The molecule has 0 unspecified atom stereocenters. The maximum absolute atomic E-state index is 3.30. The van der Waals surface area contributed by atoms with Gasteiger partial charge in [-0.25, -0.2) is 0 Å². The molecule has 2 heteroatoms. The summed E-state index contributed by atoms with van der Waals surface area (Å²) in [7, 11) is 2.07. The van der Waals surface area contributed by atoms with E-state index in [0.29, 0.717) is 0 Å². The van der Waals surface area contributed by atoms with Crippen molar-refractivity contribution in [1.29, 1.82) is 0 Å². The fraction of sp³-hybridized carbons (Fsp3) is 1.00. The predicted molar refractivity (Wildman–Crippen MR) is 53.0 cm³/mol. The lowest BCUT2D eigenvalue weighted by atomic mass is 9.96. The predicted octanol–water partition coefficient (Wildman–Crippen LogP) is 1.99. The minimum atomic E-state index is 0. The molecule has 1 saturated carbocycles. The zero-order valence-electron chi connectivity index (χ0n) is 8.11. The average molecular weight is 163 g/mol. The monoisotopic (exact) mass is 163 g/mol. The summed E-state index contributed by atoms with van der Waals surface area (Å²) in [6.07, 6.45) is 7.13. The molecule has 0 aromatic heterocycles. The van der Waals surface area contributed by atoms with Gasteiger partial charge < -0.3 is 10.8 Å². The molecule has 0 heterocycles. The van der Waals surface area contributed by atoms with Crippen LogP contribution in [0.4, 0.5) is 0 Å². The van der Waals surface area contributed by atoms with E-state index in [9.17, 15) is 0 Å². The van der Waals surface area contributed by atoms with Crippen molar-refractivity contribution in [3.8, 4) is 0 Å². The van der Waals surface area contributed by atoms with Crippen molar-refractivity contribution in [3.63, 3.8) is 0 Å². The van der Waals surface area contributed by atoms with Crippen LogP contribution in [0.5, 0.6) is 0 Å². The van der Waals surface area contributed by atoms with E-state index in [-0.39, 0.29) is 6.90 Å². The van der Waals surface area contributed by atoms with Crippen molar-refractivity contribution < 1.29 is 6.90 Å². The van der Waals surface area contributed by atoms with Crippen LogP contribution >= 0.6 is 0 Å². The minimum absolute atomic E-state index is 0. The smallest absolute Gasteiger partial charge is 0.00640 e. The number of rotatable bonds is 1. The van der Waals surface area contributed by atoms with E-state index in [4.69, 9.17) is 0 Å². The summed E-state index contributed by atoms with van der Waals surface area (Å²) >= 11 is 0. The minimum Gasteiger partial charge on any atom is -0.412 e. The van der Waals surface area contributed by atoms with Gasteiger partial charge in [-0.2, -0.15) is 0 Å². The van der Waals surface area contributed by atoms with Gasteiger partial charge in [0.05, 0.1) is 0 Å². The molecule has 0 bridgehead atoms. The fourth-order valence-corrected chi connectivity index (χ4v) is 1.39. The molecule has 0 atom stereocenters. The van der Waals surface area contributed by atoms with E-state index < -0.39 is 0 Å². The lowest BCUT2D eigenvalue weighted by Crippen LogP contribution is -2.26. The first-order valence-corrected chi connectivity index (χ1v) is 4.61. The second kappa shape index (κ2) is 9.92. The maximum Gasteiger partial charge on any atom is 0.00640 e. The largest absolute Gasteiger partial charge is 0.412 e. The van der Waals surface area contributed by atoms with Gasteiger partial charge in [-0.05, 0) is 19.9 Å². The third-order valence-electron chi connectivity index (χ3n) is 2.01. The highest BCUT2D eigenvalue weighted by Gasteiger charge is 2.09. The summed E-state index contributed by atoms with van der Waals surface area (Å²) in [6.45, 7) is 4.00. The zero-order valence-corrected chi connectivity index (χ0v) is 8.11. The van der Waals surface area contributed by atoms with Crippen molar-refractivity contribution in [3.05, 3.63) is 0 Å². The van der Waals surface area contributed by atoms with E-state index in [1.165, 1.54) is 32.1 Å². The molecule has 1 rings (SSSR count). The Morgan fingerprint density at radius 2 is 1.55 bits per heavy atom. The Bertz CT molecular complexity index is 65.5. The van der Waals surface area contributed by atoms with Crippen molar-refractivity contribution in [2.75, 3.05) is 7.05 Å². The van der Waals surface area contributed by atoms with Crippen LogP contribution in [0.25, 0.3) is 0 Å². The molecule has 0 radical (unpaired) electrons. The molecular formula is C9H25NO. The lowest BCUT2D eigenvalue weighted by molar-refractivity contribution is 0.394. The van der Waals surface area contributed by atoms with Gasteiger partial charge in [0.15, 0.2) is 0 Å². The van der Waals surface area contributed by atoms with E-state index in [1.54, 1.807) is 0 Å². The Morgan fingerprint density at radius 3 is 1.82 bits per heavy atom. The van der Waals surface area contributed by atoms with Crippen molar-refractivity contribution in [1.82, 2.24) is 5.32 Å². The van der Waals surface area contributed by atoms with Crippen molar-refractivity contribution in [2.24, 2.45) is 0 Å². The van der Waals surface area contributed by atoms with Crippen LogP contribution in [0, 0.1) is 0 Å². The molecule has 0 amide bonds. The van der Waals surface area contributed by atoms with Crippen LogP contribution in [0.1, 0.15) is 47.4 Å². The fourth-order valence-electron chi connectivity index (χ4n) is 1.39. The molecule has 2 nitrogen and oxygen atoms in total. The quantitative estimate of drug-likeness (QED) is 0.631. The summed E-state index contributed by atoms with van der Waals surface area (Å²) in [5.41, 5.74) is 0. The lowest BCUT2D eigenvalue weighted by Gasteiger charge is -2.20. The maximum atomic E-state index is 3.30. The van der Waals surface area contributed by atoms with E-state index in [2.05, 4.69) is 12.4 Å². The molecular weight excluding hydrogens is 138 g/mol. The zero-order chi connectivity index (χ0) is 7.82. The van der Waals surface area contributed by atoms with Gasteiger partial charge in [-0.1, -0.05) is 33.1 Å². The van der Waals surface area contributed by atoms with E-state index in [1.807, 2.05) is 13.8 Å². The molecule has 1 aliphatic rings. The molecule has 0 saturated heterocycles. The topological polar surface area (TPSA) is 43.5 Å². The van der Waals surface area contributed by atoms with Gasteiger partial charge >= 0.3 is 0 Å². The van der Waals surface area contributed by atoms with Gasteiger partial charge in [-0.3, -0.25) is 0 Å². The summed E-state index contributed by atoms with van der Waals surface area (Å²) in [5.74, 6) is 0. The first-order chi connectivity index (χ1) is 4.93. The molecule has 0 aromatic carbocycles. The van der Waals surface area contributed by atoms with E-state index in [0.717, 1.165) is 6.04 Å². The summed E-state index contributed by atoms with van der Waals surface area (Å²) < 4.78 is 0. The Kier molecular flexibility index (Phi) is 12.2. The van der Waals surface area contributed by atoms with Gasteiger partial charge in [0.25, 0.3) is 0 Å². The van der Waals surface area contributed by atoms with Crippen LogP contribution in [0.3, 0.4) is 0 Å². The Balaban J connectivity index is -0.000000189. The second-order valence-electron chi connectivity index (χ2n) is 2.62. The molecule has 72 valence electrons. The SMILES string of the molecule is CC.CNC1CCCCC1.O.[HH]. The number of hydrogen-bond donors (Lipinski definition) is 1. The highest BCUT2D eigenvalue weighted by atomic mass is 16.0. The number of nitrogens with one attached hydrogen (secondary N) is 1. The molecule has 0 aliphatic heterocycles. The molecule has 3 N–H and O–H groups in total. The van der Waals surface area contributed by atoms with Crippen LogP contribution in [0.2, 0.25) is 0 Å². The normalized spacial score (nSPS) is 17.7. The highest BCUT2D eigenvalue weighted by molar-refractivity contribution is 4.68. The van der Waals surface area contributed by atoms with Crippen LogP contribution in [-0.2, 0) is 0 Å². The molecule has 0 spiro atoms. The third-order valence-corrected chi connectivity index (χ3v) is 2.01. The van der Waals surface area contributed by atoms with Crippen LogP contribution in [0.15, 0.2) is 0 Å². The molecule has 11 heavy (non-hydrogen) atoms. The first-order valence-electron chi connectivity index (χ1n) is 4.61. The summed E-state index contributed by atoms with van der Waals surface area (Å²) in [6, 6.07) is 0.837. The first kappa shape index (κ1) is 13.5. The van der Waals surface area contributed by atoms with Gasteiger partial charge in [-0.15, -0.1) is 0 Å². The van der Waals surface area contributed by atoms with Gasteiger partial charge in [0, 0.05) is 7.47 Å². The highest BCUT2D eigenvalue weighted by Crippen LogP contribution is 2.16. The van der Waals surface area contributed by atoms with Gasteiger partial charge in [0.2, 0.25) is 0 Å². The van der Waals surface area contributed by atoms with Crippen LogP contribution in [-0.4, -0.2) is 18.6 Å². The summed E-state index contributed by atoms with van der Waals surface area (Å²) in [5, 5.41) is 3.30. The Hall–Kier alpha value is -0.0800. The Labute approximate surface area is 72.2 Å². The van der Waals surface area contributed by atoms with Crippen LogP contribution < -0.4 is 5.32 Å².